The first-order valence-corrected chi connectivity index (χ1v) is 5.83. The molecule has 2 aromatic heterocycles. The van der Waals surface area contributed by atoms with Crippen molar-refractivity contribution >= 4 is 11.2 Å². The Morgan fingerprint density at radius 2 is 2.22 bits per heavy atom. The summed E-state index contributed by atoms with van der Waals surface area (Å²) in [6.07, 6.45) is 4.80. The van der Waals surface area contributed by atoms with E-state index in [1.807, 2.05) is 4.57 Å². The Morgan fingerprint density at radius 1 is 1.33 bits per heavy atom. The van der Waals surface area contributed by atoms with Crippen molar-refractivity contribution in [3.63, 3.8) is 0 Å². The zero-order valence-electron chi connectivity index (χ0n) is 9.68. The Hall–Kier alpha value is -1.57. The molecule has 3 rings (SSSR count). The van der Waals surface area contributed by atoms with Gasteiger partial charge >= 0.3 is 0 Å². The van der Waals surface area contributed by atoms with Gasteiger partial charge in [0, 0.05) is 18.9 Å². The van der Waals surface area contributed by atoms with Gasteiger partial charge in [-0.1, -0.05) is 0 Å². The van der Waals surface area contributed by atoms with Gasteiger partial charge in [-0.05, 0) is 0 Å². The molecule has 7 heteroatoms. The predicted molar refractivity (Wildman–Crippen MR) is 61.5 cm³/mol. The lowest BCUT2D eigenvalue weighted by atomic mass is 10.0. The van der Waals surface area contributed by atoms with Crippen molar-refractivity contribution < 1.29 is 14.9 Å². The van der Waals surface area contributed by atoms with Crippen molar-refractivity contribution in [3.05, 3.63) is 18.9 Å². The maximum absolute atomic E-state index is 9.25. The number of nitrogens with zero attached hydrogens (tertiary/aromatic N) is 4. The molecule has 2 aromatic rings. The molecule has 1 aliphatic heterocycles. The molecule has 1 saturated heterocycles. The van der Waals surface area contributed by atoms with Crippen LogP contribution in [0, 0.1) is 5.92 Å². The van der Waals surface area contributed by atoms with Gasteiger partial charge in [0.05, 0.1) is 25.2 Å². The Morgan fingerprint density at radius 3 is 2.94 bits per heavy atom. The second-order valence-corrected chi connectivity index (χ2v) is 4.37. The van der Waals surface area contributed by atoms with Crippen molar-refractivity contribution in [3.8, 4) is 0 Å². The summed E-state index contributed by atoms with van der Waals surface area (Å²) in [5.41, 5.74) is 1.40. The van der Waals surface area contributed by atoms with Crippen LogP contribution in [-0.4, -0.2) is 49.0 Å². The fraction of sp³-hybridized carbons (Fsp3) is 0.545. The largest absolute Gasteiger partial charge is 0.396 e. The van der Waals surface area contributed by atoms with E-state index in [2.05, 4.69) is 15.0 Å². The van der Waals surface area contributed by atoms with Crippen LogP contribution in [0.25, 0.3) is 11.2 Å². The minimum atomic E-state index is -0.334. The average molecular weight is 250 g/mol. The third-order valence-corrected chi connectivity index (χ3v) is 3.33. The van der Waals surface area contributed by atoms with Gasteiger partial charge in [-0.2, -0.15) is 0 Å². The number of hydrogen-bond donors (Lipinski definition) is 2. The first kappa shape index (κ1) is 11.5. The minimum absolute atomic E-state index is 0.00331. The van der Waals surface area contributed by atoms with Gasteiger partial charge in [-0.3, -0.25) is 4.57 Å². The van der Waals surface area contributed by atoms with Crippen LogP contribution >= 0.6 is 0 Å². The molecule has 3 atom stereocenters. The number of rotatable bonds is 3. The number of aliphatic hydroxyl groups is 2. The monoisotopic (exact) mass is 250 g/mol. The van der Waals surface area contributed by atoms with Crippen molar-refractivity contribution in [2.24, 2.45) is 5.92 Å². The molecule has 0 saturated carbocycles. The zero-order valence-corrected chi connectivity index (χ0v) is 9.68. The SMILES string of the molecule is OC[C@H]1C[C@H](n2cnc3cncnc32)O[C@@H]1CO. The Balaban J connectivity index is 1.92. The zero-order chi connectivity index (χ0) is 12.5. The van der Waals surface area contributed by atoms with Crippen molar-refractivity contribution in [1.29, 1.82) is 0 Å². The highest BCUT2D eigenvalue weighted by Crippen LogP contribution is 2.34. The molecule has 18 heavy (non-hydrogen) atoms. The summed E-state index contributed by atoms with van der Waals surface area (Å²) in [4.78, 5) is 12.3. The molecule has 2 N–H and O–H groups in total. The van der Waals surface area contributed by atoms with Gasteiger partial charge in [0.15, 0.2) is 5.65 Å². The molecule has 0 aliphatic carbocycles. The van der Waals surface area contributed by atoms with Gasteiger partial charge in [0.2, 0.25) is 0 Å². The predicted octanol–water partition coefficient (Wildman–Crippen LogP) is -0.285. The quantitative estimate of drug-likeness (QED) is 0.778. The van der Waals surface area contributed by atoms with E-state index in [9.17, 15) is 10.2 Å². The molecular weight excluding hydrogens is 236 g/mol. The second kappa shape index (κ2) is 4.60. The lowest BCUT2D eigenvalue weighted by Gasteiger charge is -2.14. The van der Waals surface area contributed by atoms with E-state index in [0.717, 1.165) is 0 Å². The molecule has 0 spiro atoms. The van der Waals surface area contributed by atoms with Crippen LogP contribution in [0.4, 0.5) is 0 Å². The summed E-state index contributed by atoms with van der Waals surface area (Å²) in [5.74, 6) is -0.0562. The van der Waals surface area contributed by atoms with Crippen molar-refractivity contribution in [2.45, 2.75) is 18.8 Å². The Bertz CT molecular complexity index is 532. The summed E-state index contributed by atoms with van der Waals surface area (Å²) in [6.45, 7) is -0.0906. The Kier molecular flexibility index (Phi) is 2.94. The summed E-state index contributed by atoms with van der Waals surface area (Å²) in [6, 6.07) is 0. The van der Waals surface area contributed by atoms with Crippen LogP contribution in [0.15, 0.2) is 18.9 Å². The molecule has 96 valence electrons. The number of aromatic nitrogens is 4. The van der Waals surface area contributed by atoms with E-state index in [-0.39, 0.29) is 31.5 Å². The van der Waals surface area contributed by atoms with Crippen LogP contribution in [-0.2, 0) is 4.74 Å². The van der Waals surface area contributed by atoms with Gasteiger partial charge < -0.3 is 14.9 Å². The Labute approximate surface area is 103 Å². The first-order chi connectivity index (χ1) is 8.83. The number of hydrogen-bond acceptors (Lipinski definition) is 6. The molecule has 0 radical (unpaired) electrons. The molecule has 0 unspecified atom stereocenters. The average Bonchev–Trinajstić information content (AvgIpc) is 3.01. The van der Waals surface area contributed by atoms with Crippen LogP contribution in [0.1, 0.15) is 12.6 Å². The molecule has 1 aliphatic rings. The highest BCUT2D eigenvalue weighted by Gasteiger charge is 2.35. The molecule has 1 fully saturated rings. The van der Waals surface area contributed by atoms with E-state index in [0.29, 0.717) is 17.6 Å². The van der Waals surface area contributed by atoms with Gasteiger partial charge in [-0.15, -0.1) is 0 Å². The third-order valence-electron chi connectivity index (χ3n) is 3.33. The summed E-state index contributed by atoms with van der Waals surface area (Å²) < 4.78 is 7.53. The van der Waals surface area contributed by atoms with Gasteiger partial charge in [-0.25, -0.2) is 15.0 Å². The fourth-order valence-electron chi connectivity index (χ4n) is 2.34. The van der Waals surface area contributed by atoms with E-state index in [1.54, 1.807) is 12.5 Å². The smallest absolute Gasteiger partial charge is 0.165 e. The molecule has 3 heterocycles. The summed E-state index contributed by atoms with van der Waals surface area (Å²) in [7, 11) is 0. The lowest BCUT2D eigenvalue weighted by Crippen LogP contribution is -2.23. The molecule has 7 nitrogen and oxygen atoms in total. The highest BCUT2D eigenvalue weighted by molar-refractivity contribution is 5.68. The second-order valence-electron chi connectivity index (χ2n) is 4.37. The van der Waals surface area contributed by atoms with Crippen molar-refractivity contribution in [1.82, 2.24) is 19.5 Å². The first-order valence-electron chi connectivity index (χ1n) is 5.83. The van der Waals surface area contributed by atoms with E-state index < -0.39 is 0 Å². The number of ether oxygens (including phenoxy) is 1. The summed E-state index contributed by atoms with van der Waals surface area (Å²) in [5, 5.41) is 18.5. The molecule has 0 amide bonds. The number of fused-ring (bicyclic) bond motifs is 1. The number of aliphatic hydroxyl groups excluding tert-OH is 2. The normalized spacial score (nSPS) is 28.0. The number of imidazole rings is 1. The minimum Gasteiger partial charge on any atom is -0.396 e. The van der Waals surface area contributed by atoms with Crippen LogP contribution < -0.4 is 0 Å². The standard InChI is InChI=1S/C11H14N4O3/c16-3-7-1-10(18-9(7)4-17)15-6-14-8-2-12-5-13-11(8)15/h2,5-7,9-10,16-17H,1,3-4H2/t7-,9-,10-/m1/s1. The molecular formula is C11H14N4O3. The third kappa shape index (κ3) is 1.76. The van der Waals surface area contributed by atoms with E-state index in [4.69, 9.17) is 4.74 Å². The van der Waals surface area contributed by atoms with Crippen LogP contribution in [0.3, 0.4) is 0 Å². The van der Waals surface area contributed by atoms with Gasteiger partial charge in [0.1, 0.15) is 18.1 Å². The summed E-state index contributed by atoms with van der Waals surface area (Å²) >= 11 is 0. The maximum atomic E-state index is 9.25. The van der Waals surface area contributed by atoms with Crippen LogP contribution in [0.2, 0.25) is 0 Å². The fourth-order valence-corrected chi connectivity index (χ4v) is 2.34. The molecule has 0 aromatic carbocycles. The topological polar surface area (TPSA) is 93.3 Å². The molecule has 0 bridgehead atoms. The van der Waals surface area contributed by atoms with Crippen LogP contribution in [0.5, 0.6) is 0 Å². The highest BCUT2D eigenvalue weighted by atomic mass is 16.5. The van der Waals surface area contributed by atoms with E-state index >= 15 is 0 Å². The lowest BCUT2D eigenvalue weighted by molar-refractivity contribution is -0.0334. The maximum Gasteiger partial charge on any atom is 0.165 e. The van der Waals surface area contributed by atoms with E-state index in [1.165, 1.54) is 6.33 Å². The van der Waals surface area contributed by atoms with Gasteiger partial charge in [0.25, 0.3) is 0 Å². The van der Waals surface area contributed by atoms with Crippen molar-refractivity contribution in [2.75, 3.05) is 13.2 Å².